The highest BCUT2D eigenvalue weighted by Gasteiger charge is 2.59. The number of carboxylic acid groups (broad SMARTS) is 3. The molecule has 68 heavy (non-hydrogen) atoms. The van der Waals surface area contributed by atoms with E-state index in [0.29, 0.717) is 88.6 Å². The normalized spacial score (nSPS) is 21.8. The number of halogens is 1. The van der Waals surface area contributed by atoms with Gasteiger partial charge in [0.15, 0.2) is 5.69 Å². The number of unbranched alkanes of at least 4 members (excludes halogenated alkanes) is 2. The van der Waals surface area contributed by atoms with Gasteiger partial charge >= 0.3 is 17.9 Å². The van der Waals surface area contributed by atoms with E-state index in [9.17, 15) is 39.3 Å². The monoisotopic (exact) mass is 962 g/mol. The van der Waals surface area contributed by atoms with Crippen molar-refractivity contribution in [1.29, 1.82) is 0 Å². The van der Waals surface area contributed by atoms with Gasteiger partial charge in [0.05, 0.1) is 38.4 Å². The molecule has 6 N–H and O–H groups in total. The van der Waals surface area contributed by atoms with Crippen molar-refractivity contribution in [3.63, 3.8) is 0 Å². The van der Waals surface area contributed by atoms with Crippen LogP contribution in [0.3, 0.4) is 0 Å². The van der Waals surface area contributed by atoms with Crippen molar-refractivity contribution in [2.24, 2.45) is 16.7 Å². The van der Waals surface area contributed by atoms with Crippen LogP contribution in [0.1, 0.15) is 86.5 Å². The van der Waals surface area contributed by atoms with Crippen LogP contribution in [0, 0.1) is 23.7 Å². The minimum Gasteiger partial charge on any atom is -0.480 e. The zero-order chi connectivity index (χ0) is 49.0. The van der Waals surface area contributed by atoms with Crippen LogP contribution in [0.15, 0.2) is 48.5 Å². The van der Waals surface area contributed by atoms with Gasteiger partial charge < -0.3 is 31.3 Å². The lowest BCUT2D eigenvalue weighted by atomic mass is 9.68. The summed E-state index contributed by atoms with van der Waals surface area (Å²) >= 11 is 6.40. The zero-order valence-electron chi connectivity index (χ0n) is 40.3. The van der Waals surface area contributed by atoms with E-state index in [-0.39, 0.29) is 54.9 Å². The summed E-state index contributed by atoms with van der Waals surface area (Å²) in [7, 11) is 0. The number of rotatable bonds is 21. The largest absolute Gasteiger partial charge is 0.480 e. The Morgan fingerprint density at radius 2 is 1.26 bits per heavy atom. The fraction of sp³-hybridized carbons (Fsp3) is 0.600. The quantitative estimate of drug-likeness (QED) is 0.0820. The van der Waals surface area contributed by atoms with E-state index in [0.717, 1.165) is 66.6 Å². The molecule has 2 saturated carbocycles. The number of fused-ring (bicyclic) bond motifs is 2. The molecule has 372 valence electrons. The standard InChI is InChI=1S/C50H72ClN9O8/c1-35-26-38(12-13-40(35)51)42-27-41(47(68)54-48-49(2,3)39-14-15-50(48,4)28-39)55-60(42)30-37-10-8-36(9-11-37)29-52-16-6-5-7-17-53-43(61)31-56-18-20-57(32-44(62)63)22-24-59(34-46(66)67)25-23-58(21-19-56)33-45(64)65/h8-13,26-27,39,48,52H,5-7,14-25,28-34H2,1-4H3,(H,53,61)(H,54,68)(H,62,63)(H,64,65)(H,66,67). The highest BCUT2D eigenvalue weighted by molar-refractivity contribution is 6.31. The molecule has 2 aliphatic carbocycles. The summed E-state index contributed by atoms with van der Waals surface area (Å²) in [6.45, 7) is 13.6. The molecule has 0 radical (unpaired) electrons. The summed E-state index contributed by atoms with van der Waals surface area (Å²) in [4.78, 5) is 68.6. The number of carboxylic acids is 3. The van der Waals surface area contributed by atoms with Crippen molar-refractivity contribution >= 4 is 41.3 Å². The third-order valence-electron chi connectivity index (χ3n) is 14.4. The Balaban J connectivity index is 0.939. The van der Waals surface area contributed by atoms with Gasteiger partial charge in [-0.05, 0) is 97.2 Å². The van der Waals surface area contributed by atoms with Gasteiger partial charge in [-0.3, -0.25) is 48.3 Å². The first-order chi connectivity index (χ1) is 32.4. The minimum absolute atomic E-state index is 0.0309. The Bertz CT molecular complexity index is 2180. The van der Waals surface area contributed by atoms with Crippen LogP contribution in [-0.4, -0.2) is 172 Å². The van der Waals surface area contributed by atoms with E-state index in [2.05, 4.69) is 61.0 Å². The number of nitrogens with one attached hydrogen (secondary N) is 3. The van der Waals surface area contributed by atoms with Crippen LogP contribution in [0.25, 0.3) is 11.3 Å². The van der Waals surface area contributed by atoms with Gasteiger partial charge in [-0.2, -0.15) is 5.10 Å². The second-order valence-electron chi connectivity index (χ2n) is 20.0. The molecule has 3 fully saturated rings. The average molecular weight is 963 g/mol. The molecular formula is C50H72ClN9O8. The summed E-state index contributed by atoms with van der Waals surface area (Å²) in [5.41, 5.74) is 5.52. The number of aliphatic carboxylic acids is 3. The molecule has 18 heteroatoms. The molecular weight excluding hydrogens is 890 g/mol. The molecule has 17 nitrogen and oxygen atoms in total. The maximum atomic E-state index is 13.9. The van der Waals surface area contributed by atoms with Crippen LogP contribution in [0.5, 0.6) is 0 Å². The average Bonchev–Trinajstić information content (AvgIpc) is 3.94. The Labute approximate surface area is 405 Å². The van der Waals surface area contributed by atoms with E-state index in [1.165, 1.54) is 6.42 Å². The SMILES string of the molecule is Cc1cc(-c2cc(C(=O)NC3C4(C)CCC(C4)C3(C)C)nn2Cc2ccc(CNCCCCCNC(=O)CN3CCN(CC(=O)O)CCN(CC(=O)O)CCN(CC(=O)O)CC3)cc2)ccc1Cl. The van der Waals surface area contributed by atoms with Crippen LogP contribution in [0.2, 0.25) is 5.02 Å². The molecule has 2 aromatic carbocycles. The van der Waals surface area contributed by atoms with E-state index < -0.39 is 17.9 Å². The predicted molar refractivity (Wildman–Crippen MR) is 261 cm³/mol. The fourth-order valence-electron chi connectivity index (χ4n) is 10.5. The van der Waals surface area contributed by atoms with Crippen molar-refractivity contribution in [3.05, 3.63) is 75.9 Å². The minimum atomic E-state index is -1.01. The summed E-state index contributed by atoms with van der Waals surface area (Å²) in [6.07, 6.45) is 6.16. The van der Waals surface area contributed by atoms with E-state index in [1.807, 2.05) is 40.8 Å². The summed E-state index contributed by atoms with van der Waals surface area (Å²) in [6, 6.07) is 16.3. The molecule has 0 spiro atoms. The first-order valence-corrected chi connectivity index (χ1v) is 24.5. The van der Waals surface area contributed by atoms with Gasteiger partial charge in [-0.15, -0.1) is 0 Å². The number of amides is 2. The molecule has 2 amide bonds. The number of aryl methyl sites for hydroxylation is 1. The number of carbonyl (C=O) groups is 5. The van der Waals surface area contributed by atoms with Gasteiger partial charge in [0.1, 0.15) is 0 Å². The third-order valence-corrected chi connectivity index (χ3v) is 14.8. The lowest BCUT2D eigenvalue weighted by molar-refractivity contribution is -0.140. The molecule has 1 aliphatic heterocycles. The van der Waals surface area contributed by atoms with Gasteiger partial charge in [0.2, 0.25) is 5.91 Å². The summed E-state index contributed by atoms with van der Waals surface area (Å²) in [5.74, 6) is -2.67. The van der Waals surface area contributed by atoms with E-state index in [1.54, 1.807) is 14.7 Å². The molecule has 3 unspecified atom stereocenters. The topological polar surface area (TPSA) is 213 Å². The number of hydrogen-bond donors (Lipinski definition) is 6. The number of benzene rings is 2. The third kappa shape index (κ3) is 14.8. The fourth-order valence-corrected chi connectivity index (χ4v) is 10.7. The summed E-state index contributed by atoms with van der Waals surface area (Å²) in [5, 5.41) is 43.9. The first-order valence-electron chi connectivity index (χ1n) is 24.1. The van der Waals surface area contributed by atoms with Crippen LogP contribution < -0.4 is 16.0 Å². The first kappa shape index (κ1) is 52.5. The van der Waals surface area contributed by atoms with Gasteiger partial charge in [-0.25, -0.2) is 0 Å². The van der Waals surface area contributed by atoms with Gasteiger partial charge in [-0.1, -0.05) is 69.1 Å². The van der Waals surface area contributed by atoms with E-state index >= 15 is 0 Å². The molecule has 2 heterocycles. The van der Waals surface area contributed by atoms with Crippen molar-refractivity contribution < 1.29 is 39.3 Å². The van der Waals surface area contributed by atoms with Crippen LogP contribution in [-0.2, 0) is 32.3 Å². The lowest BCUT2D eigenvalue weighted by Gasteiger charge is -2.42. The zero-order valence-corrected chi connectivity index (χ0v) is 41.0. The van der Waals surface area contributed by atoms with Crippen molar-refractivity contribution in [2.45, 2.75) is 85.4 Å². The van der Waals surface area contributed by atoms with Crippen molar-refractivity contribution in [1.82, 2.24) is 45.3 Å². The number of nitrogens with zero attached hydrogens (tertiary/aromatic N) is 6. The lowest BCUT2D eigenvalue weighted by Crippen LogP contribution is -2.52. The molecule has 1 aromatic heterocycles. The molecule has 2 bridgehead atoms. The maximum absolute atomic E-state index is 13.9. The number of hydrogen-bond acceptors (Lipinski definition) is 11. The highest BCUT2D eigenvalue weighted by Crippen LogP contribution is 2.62. The molecule has 6 rings (SSSR count). The number of aromatic nitrogens is 2. The second kappa shape index (κ2) is 24.1. The maximum Gasteiger partial charge on any atom is 0.317 e. The predicted octanol–water partition coefficient (Wildman–Crippen LogP) is 4.36. The molecule has 1 saturated heterocycles. The summed E-state index contributed by atoms with van der Waals surface area (Å²) < 4.78 is 1.91. The van der Waals surface area contributed by atoms with Gasteiger partial charge in [0, 0.05) is 82.1 Å². The Morgan fingerprint density at radius 1 is 0.721 bits per heavy atom. The molecule has 3 atom stereocenters. The Kier molecular flexibility index (Phi) is 18.6. The second-order valence-corrected chi connectivity index (χ2v) is 20.5. The molecule has 3 aliphatic rings. The van der Waals surface area contributed by atoms with E-state index in [4.69, 9.17) is 16.7 Å². The van der Waals surface area contributed by atoms with Crippen LogP contribution in [0.4, 0.5) is 0 Å². The van der Waals surface area contributed by atoms with Gasteiger partial charge in [0.25, 0.3) is 5.91 Å². The Morgan fingerprint density at radius 3 is 1.79 bits per heavy atom. The van der Waals surface area contributed by atoms with Crippen molar-refractivity contribution in [3.8, 4) is 11.3 Å². The highest BCUT2D eigenvalue weighted by atomic mass is 35.5. The smallest absolute Gasteiger partial charge is 0.317 e. The number of carbonyl (C=O) groups excluding carboxylic acids is 2. The molecule has 3 aromatic rings. The van der Waals surface area contributed by atoms with Crippen LogP contribution >= 0.6 is 11.6 Å². The Hall–Kier alpha value is -4.91. The van der Waals surface area contributed by atoms with Crippen molar-refractivity contribution in [2.75, 3.05) is 91.6 Å².